The lowest BCUT2D eigenvalue weighted by Crippen LogP contribution is -2.27. The quantitative estimate of drug-likeness (QED) is 0.876. The SMILES string of the molecule is CC(C)(C)OC(=O)Nc1ccc(Cl)c(S(N)(=O)=O)c1. The van der Waals surface area contributed by atoms with E-state index in [1.54, 1.807) is 20.8 Å². The van der Waals surface area contributed by atoms with Crippen LogP contribution in [0.3, 0.4) is 0 Å². The number of rotatable bonds is 2. The van der Waals surface area contributed by atoms with Gasteiger partial charge in [0.15, 0.2) is 0 Å². The van der Waals surface area contributed by atoms with E-state index in [0.29, 0.717) is 0 Å². The standard InChI is InChI=1S/C11H15ClN2O4S/c1-11(2,3)18-10(15)14-7-4-5-8(12)9(6-7)19(13,16)17/h4-6H,1-3H3,(H,14,15)(H2,13,16,17). The van der Waals surface area contributed by atoms with Crippen molar-refractivity contribution >= 4 is 33.4 Å². The summed E-state index contributed by atoms with van der Waals surface area (Å²) in [5.41, 5.74) is -0.429. The van der Waals surface area contributed by atoms with E-state index >= 15 is 0 Å². The van der Waals surface area contributed by atoms with Gasteiger partial charge in [0.1, 0.15) is 10.5 Å². The predicted molar refractivity (Wildman–Crippen MR) is 72.7 cm³/mol. The third-order valence-corrected chi connectivity index (χ3v) is 3.28. The van der Waals surface area contributed by atoms with Crippen molar-refractivity contribution in [3.05, 3.63) is 23.2 Å². The summed E-state index contributed by atoms with van der Waals surface area (Å²) < 4.78 is 27.6. The first-order valence-electron chi connectivity index (χ1n) is 5.31. The first-order chi connectivity index (χ1) is 8.49. The second kappa shape index (κ2) is 5.36. The minimum atomic E-state index is -3.95. The maximum absolute atomic E-state index is 11.5. The minimum Gasteiger partial charge on any atom is -0.444 e. The van der Waals surface area contributed by atoms with Crippen molar-refractivity contribution in [1.29, 1.82) is 0 Å². The molecule has 8 heteroatoms. The van der Waals surface area contributed by atoms with E-state index < -0.39 is 21.7 Å². The minimum absolute atomic E-state index is 0.0164. The van der Waals surface area contributed by atoms with E-state index in [2.05, 4.69) is 5.32 Å². The van der Waals surface area contributed by atoms with Crippen molar-refractivity contribution < 1.29 is 17.9 Å². The van der Waals surface area contributed by atoms with E-state index in [-0.39, 0.29) is 15.6 Å². The Morgan fingerprint density at radius 2 is 1.95 bits per heavy atom. The fraction of sp³-hybridized carbons (Fsp3) is 0.364. The van der Waals surface area contributed by atoms with E-state index in [9.17, 15) is 13.2 Å². The fourth-order valence-electron chi connectivity index (χ4n) is 1.22. The van der Waals surface area contributed by atoms with Crippen LogP contribution in [-0.2, 0) is 14.8 Å². The molecule has 0 aliphatic carbocycles. The molecule has 0 aromatic heterocycles. The van der Waals surface area contributed by atoms with Crippen LogP contribution in [0.25, 0.3) is 0 Å². The van der Waals surface area contributed by atoms with Crippen molar-refractivity contribution in [2.24, 2.45) is 5.14 Å². The zero-order valence-corrected chi connectivity index (χ0v) is 12.3. The molecule has 0 atom stereocenters. The summed E-state index contributed by atoms with van der Waals surface area (Å²) in [4.78, 5) is 11.3. The number of anilines is 1. The van der Waals surface area contributed by atoms with Gasteiger partial charge in [-0.05, 0) is 39.0 Å². The molecule has 0 bridgehead atoms. The van der Waals surface area contributed by atoms with Crippen LogP contribution in [0.15, 0.2) is 23.1 Å². The van der Waals surface area contributed by atoms with Gasteiger partial charge in [0.2, 0.25) is 10.0 Å². The molecule has 1 aromatic carbocycles. The Balaban J connectivity index is 2.96. The highest BCUT2D eigenvalue weighted by Gasteiger charge is 2.18. The maximum Gasteiger partial charge on any atom is 0.412 e. The first-order valence-corrected chi connectivity index (χ1v) is 7.24. The van der Waals surface area contributed by atoms with Gasteiger partial charge in [-0.1, -0.05) is 11.6 Å². The van der Waals surface area contributed by atoms with Crippen LogP contribution in [0.5, 0.6) is 0 Å². The van der Waals surface area contributed by atoms with E-state index in [1.165, 1.54) is 18.2 Å². The van der Waals surface area contributed by atoms with Crippen LogP contribution in [0.2, 0.25) is 5.02 Å². The second-order valence-electron chi connectivity index (χ2n) is 4.82. The summed E-state index contributed by atoms with van der Waals surface area (Å²) in [6.07, 6.45) is -0.699. The molecule has 106 valence electrons. The third kappa shape index (κ3) is 5.06. The highest BCUT2D eigenvalue weighted by molar-refractivity contribution is 7.89. The molecule has 1 rings (SSSR count). The smallest absolute Gasteiger partial charge is 0.412 e. The molecule has 19 heavy (non-hydrogen) atoms. The number of benzene rings is 1. The summed E-state index contributed by atoms with van der Waals surface area (Å²) in [5, 5.41) is 7.38. The number of sulfonamides is 1. The van der Waals surface area contributed by atoms with Crippen LogP contribution >= 0.6 is 11.6 Å². The van der Waals surface area contributed by atoms with Gasteiger partial charge in [0.05, 0.1) is 5.02 Å². The number of primary sulfonamides is 1. The summed E-state index contributed by atoms with van der Waals surface area (Å²) in [6.45, 7) is 5.14. The number of ether oxygens (including phenoxy) is 1. The van der Waals surface area contributed by atoms with E-state index in [0.717, 1.165) is 0 Å². The number of nitrogens with two attached hydrogens (primary N) is 1. The summed E-state index contributed by atoms with van der Waals surface area (Å²) in [5.74, 6) is 0. The number of hydrogen-bond acceptors (Lipinski definition) is 4. The van der Waals surface area contributed by atoms with Gasteiger partial charge in [-0.3, -0.25) is 5.32 Å². The average Bonchev–Trinajstić information content (AvgIpc) is 2.16. The summed E-state index contributed by atoms with van der Waals surface area (Å²) >= 11 is 5.72. The molecule has 0 aliphatic heterocycles. The van der Waals surface area contributed by atoms with Gasteiger partial charge >= 0.3 is 6.09 Å². The molecular formula is C11H15ClN2O4S. The Bertz CT molecular complexity index is 593. The van der Waals surface area contributed by atoms with Crippen LogP contribution in [-0.4, -0.2) is 20.1 Å². The van der Waals surface area contributed by atoms with Crippen molar-refractivity contribution in [2.45, 2.75) is 31.3 Å². The Morgan fingerprint density at radius 1 is 1.37 bits per heavy atom. The number of amides is 1. The van der Waals surface area contributed by atoms with Crippen molar-refractivity contribution in [1.82, 2.24) is 0 Å². The molecule has 0 spiro atoms. The first kappa shape index (κ1) is 15.7. The van der Waals surface area contributed by atoms with E-state index in [4.69, 9.17) is 21.5 Å². The van der Waals surface area contributed by atoms with Gasteiger partial charge in [-0.25, -0.2) is 18.4 Å². The molecule has 0 aliphatic rings. The third-order valence-electron chi connectivity index (χ3n) is 1.88. The molecule has 0 saturated carbocycles. The van der Waals surface area contributed by atoms with Crippen LogP contribution in [0, 0.1) is 0 Å². The number of carbonyl (C=O) groups excluding carboxylic acids is 1. The summed E-state index contributed by atoms with van der Waals surface area (Å²) in [6, 6.07) is 3.94. The molecule has 0 fully saturated rings. The topological polar surface area (TPSA) is 98.5 Å². The molecule has 1 aromatic rings. The van der Waals surface area contributed by atoms with Gasteiger partial charge in [0, 0.05) is 5.69 Å². The molecule has 0 heterocycles. The number of halogens is 1. The number of nitrogens with one attached hydrogen (secondary N) is 1. The van der Waals surface area contributed by atoms with Crippen LogP contribution in [0.4, 0.5) is 10.5 Å². The molecule has 1 amide bonds. The molecular weight excluding hydrogens is 292 g/mol. The Labute approximate surface area is 116 Å². The van der Waals surface area contributed by atoms with Crippen molar-refractivity contribution in [3.63, 3.8) is 0 Å². The van der Waals surface area contributed by atoms with Crippen LogP contribution < -0.4 is 10.5 Å². The lowest BCUT2D eigenvalue weighted by atomic mass is 10.2. The highest BCUT2D eigenvalue weighted by Crippen LogP contribution is 2.24. The van der Waals surface area contributed by atoms with Crippen LogP contribution in [0.1, 0.15) is 20.8 Å². The molecule has 6 nitrogen and oxygen atoms in total. The van der Waals surface area contributed by atoms with Gasteiger partial charge in [-0.2, -0.15) is 0 Å². The second-order valence-corrected chi connectivity index (χ2v) is 6.75. The van der Waals surface area contributed by atoms with Crippen molar-refractivity contribution in [3.8, 4) is 0 Å². The maximum atomic E-state index is 11.5. The van der Waals surface area contributed by atoms with Gasteiger partial charge < -0.3 is 4.74 Å². The van der Waals surface area contributed by atoms with Crippen molar-refractivity contribution in [2.75, 3.05) is 5.32 Å². The average molecular weight is 307 g/mol. The summed E-state index contributed by atoms with van der Waals surface area (Å²) in [7, 11) is -3.95. The lowest BCUT2D eigenvalue weighted by molar-refractivity contribution is 0.0636. The highest BCUT2D eigenvalue weighted by atomic mass is 35.5. The molecule has 0 saturated heterocycles. The predicted octanol–water partition coefficient (Wildman–Crippen LogP) is 2.33. The van der Waals surface area contributed by atoms with Gasteiger partial charge in [-0.15, -0.1) is 0 Å². The monoisotopic (exact) mass is 306 g/mol. The Morgan fingerprint density at radius 3 is 2.42 bits per heavy atom. The number of carbonyl (C=O) groups is 1. The zero-order valence-electron chi connectivity index (χ0n) is 10.7. The normalized spacial score (nSPS) is 12.1. The Hall–Kier alpha value is -1.31. The molecule has 0 radical (unpaired) electrons. The molecule has 3 N–H and O–H groups in total. The molecule has 0 unspecified atom stereocenters. The van der Waals surface area contributed by atoms with E-state index in [1.807, 2.05) is 0 Å². The zero-order chi connectivity index (χ0) is 14.8. The lowest BCUT2D eigenvalue weighted by Gasteiger charge is -2.19. The fourth-order valence-corrected chi connectivity index (χ4v) is 2.29. The largest absolute Gasteiger partial charge is 0.444 e. The Kier molecular flexibility index (Phi) is 4.44. The number of hydrogen-bond donors (Lipinski definition) is 2. The van der Waals surface area contributed by atoms with Gasteiger partial charge in [0.25, 0.3) is 0 Å².